The van der Waals surface area contributed by atoms with Crippen molar-refractivity contribution < 1.29 is 4.39 Å². The fourth-order valence-corrected chi connectivity index (χ4v) is 0.698. The highest BCUT2D eigenvalue weighted by molar-refractivity contribution is 5.21. The standard InChI is InChI=1S/C8H9F.C2H4/c1-6-3-4-7(2)8(9)5-6;1-2/h3-5H,1-2H3;1-2H2. The van der Waals surface area contributed by atoms with E-state index in [0.717, 1.165) is 5.56 Å². The predicted octanol–water partition coefficient (Wildman–Crippen LogP) is 3.24. The fraction of sp³-hybridized carbons (Fsp3) is 0.200. The molecule has 0 aliphatic carbocycles. The maximum absolute atomic E-state index is 12.6. The molecule has 0 bridgehead atoms. The average Bonchev–Trinajstić information content (AvgIpc) is 2.02. The smallest absolute Gasteiger partial charge is 0.126 e. The van der Waals surface area contributed by atoms with E-state index in [4.69, 9.17) is 0 Å². The molecule has 1 aromatic carbocycles. The van der Waals surface area contributed by atoms with Crippen LogP contribution in [0.15, 0.2) is 31.4 Å². The van der Waals surface area contributed by atoms with Gasteiger partial charge in [0.25, 0.3) is 0 Å². The molecule has 0 heterocycles. The molecule has 0 aliphatic heterocycles. The van der Waals surface area contributed by atoms with Gasteiger partial charge in [-0.25, -0.2) is 4.39 Å². The van der Waals surface area contributed by atoms with Crippen molar-refractivity contribution in [1.82, 2.24) is 0 Å². The van der Waals surface area contributed by atoms with Crippen molar-refractivity contribution in [2.45, 2.75) is 13.8 Å². The molecule has 0 fully saturated rings. The molecule has 0 amide bonds. The van der Waals surface area contributed by atoms with Crippen LogP contribution in [0.3, 0.4) is 0 Å². The molecule has 0 N–H and O–H groups in total. The SMILES string of the molecule is C=C.Cc1ccc(C)c(F)c1. The van der Waals surface area contributed by atoms with Crippen molar-refractivity contribution in [1.29, 1.82) is 0 Å². The summed E-state index contributed by atoms with van der Waals surface area (Å²) in [5, 5.41) is 0. The van der Waals surface area contributed by atoms with Gasteiger partial charge in [0.05, 0.1) is 0 Å². The Morgan fingerprint density at radius 2 is 1.73 bits per heavy atom. The summed E-state index contributed by atoms with van der Waals surface area (Å²) in [6, 6.07) is 5.22. The van der Waals surface area contributed by atoms with E-state index in [-0.39, 0.29) is 5.82 Å². The van der Waals surface area contributed by atoms with Crippen molar-refractivity contribution >= 4 is 0 Å². The van der Waals surface area contributed by atoms with Gasteiger partial charge in [0.15, 0.2) is 0 Å². The topological polar surface area (TPSA) is 0 Å². The van der Waals surface area contributed by atoms with Gasteiger partial charge in [0, 0.05) is 0 Å². The third-order valence-electron chi connectivity index (χ3n) is 1.33. The zero-order valence-corrected chi connectivity index (χ0v) is 7.02. The molecule has 1 rings (SSSR count). The summed E-state index contributed by atoms with van der Waals surface area (Å²) in [6.07, 6.45) is 0. The molecule has 0 aromatic heterocycles. The van der Waals surface area contributed by atoms with E-state index in [9.17, 15) is 4.39 Å². The number of hydrogen-bond acceptors (Lipinski definition) is 0. The number of hydrogen-bond donors (Lipinski definition) is 0. The van der Waals surface area contributed by atoms with Crippen LogP contribution < -0.4 is 0 Å². The van der Waals surface area contributed by atoms with E-state index in [2.05, 4.69) is 13.2 Å². The molecule has 0 unspecified atom stereocenters. The molecule has 0 saturated heterocycles. The minimum atomic E-state index is -0.116. The van der Waals surface area contributed by atoms with Crippen LogP contribution in [0.5, 0.6) is 0 Å². The highest BCUT2D eigenvalue weighted by Gasteiger charge is 1.93. The molecule has 60 valence electrons. The minimum absolute atomic E-state index is 0.116. The van der Waals surface area contributed by atoms with Crippen LogP contribution in [-0.2, 0) is 0 Å². The normalized spacial score (nSPS) is 8.27. The van der Waals surface area contributed by atoms with Crippen LogP contribution in [0.4, 0.5) is 4.39 Å². The summed E-state index contributed by atoms with van der Waals surface area (Å²) in [7, 11) is 0. The Morgan fingerprint density at radius 3 is 2.09 bits per heavy atom. The molecule has 1 aromatic rings. The lowest BCUT2D eigenvalue weighted by Crippen LogP contribution is -1.81. The lowest BCUT2D eigenvalue weighted by molar-refractivity contribution is 0.617. The molecule has 0 radical (unpaired) electrons. The Labute approximate surface area is 67.4 Å². The molecule has 0 saturated carbocycles. The molecule has 0 spiro atoms. The van der Waals surface area contributed by atoms with Crippen molar-refractivity contribution in [2.75, 3.05) is 0 Å². The zero-order chi connectivity index (χ0) is 8.85. The van der Waals surface area contributed by atoms with Gasteiger partial charge in [-0.05, 0) is 31.0 Å². The summed E-state index contributed by atoms with van der Waals surface area (Å²) < 4.78 is 12.6. The van der Waals surface area contributed by atoms with E-state index in [1.165, 1.54) is 6.07 Å². The van der Waals surface area contributed by atoms with Gasteiger partial charge in [0.2, 0.25) is 0 Å². The lowest BCUT2D eigenvalue weighted by atomic mass is 10.2. The van der Waals surface area contributed by atoms with Gasteiger partial charge in [0.1, 0.15) is 5.82 Å². The quantitative estimate of drug-likeness (QED) is 0.500. The number of benzene rings is 1. The van der Waals surface area contributed by atoms with Crippen molar-refractivity contribution in [3.05, 3.63) is 48.3 Å². The summed E-state index contributed by atoms with van der Waals surface area (Å²) in [6.45, 7) is 9.64. The van der Waals surface area contributed by atoms with Crippen LogP contribution in [0.25, 0.3) is 0 Å². The second-order valence-electron chi connectivity index (χ2n) is 2.25. The van der Waals surface area contributed by atoms with E-state index in [1.807, 2.05) is 13.0 Å². The van der Waals surface area contributed by atoms with E-state index < -0.39 is 0 Å². The van der Waals surface area contributed by atoms with Gasteiger partial charge < -0.3 is 0 Å². The summed E-state index contributed by atoms with van der Waals surface area (Å²) >= 11 is 0. The maximum Gasteiger partial charge on any atom is 0.126 e. The second kappa shape index (κ2) is 4.67. The Morgan fingerprint density at radius 1 is 1.18 bits per heavy atom. The molecular formula is C10H13F. The second-order valence-corrected chi connectivity index (χ2v) is 2.25. The number of rotatable bonds is 0. The molecule has 1 heteroatoms. The predicted molar refractivity (Wildman–Crippen MR) is 47.1 cm³/mol. The Balaban J connectivity index is 0.000000461. The van der Waals surface area contributed by atoms with Crippen molar-refractivity contribution in [3.63, 3.8) is 0 Å². The first-order chi connectivity index (χ1) is 5.20. The highest BCUT2D eigenvalue weighted by Crippen LogP contribution is 2.06. The van der Waals surface area contributed by atoms with Gasteiger partial charge in [-0.1, -0.05) is 12.1 Å². The van der Waals surface area contributed by atoms with Crippen LogP contribution >= 0.6 is 0 Å². The van der Waals surface area contributed by atoms with Crippen LogP contribution in [0, 0.1) is 19.7 Å². The largest absolute Gasteiger partial charge is 0.207 e. The van der Waals surface area contributed by atoms with Gasteiger partial charge in [-0.2, -0.15) is 0 Å². The third kappa shape index (κ3) is 2.99. The minimum Gasteiger partial charge on any atom is -0.207 e. The Hall–Kier alpha value is -1.11. The molecule has 0 atom stereocenters. The summed E-state index contributed by atoms with van der Waals surface area (Å²) in [4.78, 5) is 0. The Bertz CT molecular complexity index is 228. The monoisotopic (exact) mass is 152 g/mol. The maximum atomic E-state index is 12.6. The summed E-state index contributed by atoms with van der Waals surface area (Å²) in [5.74, 6) is -0.116. The van der Waals surface area contributed by atoms with E-state index in [1.54, 1.807) is 13.0 Å². The Kier molecular flexibility index (Phi) is 4.20. The highest BCUT2D eigenvalue weighted by atomic mass is 19.1. The average molecular weight is 152 g/mol. The van der Waals surface area contributed by atoms with Crippen molar-refractivity contribution in [2.24, 2.45) is 0 Å². The summed E-state index contributed by atoms with van der Waals surface area (Å²) in [5.41, 5.74) is 1.68. The van der Waals surface area contributed by atoms with Crippen LogP contribution in [-0.4, -0.2) is 0 Å². The van der Waals surface area contributed by atoms with E-state index in [0.29, 0.717) is 5.56 Å². The first kappa shape index (κ1) is 9.89. The van der Waals surface area contributed by atoms with Crippen LogP contribution in [0.2, 0.25) is 0 Å². The van der Waals surface area contributed by atoms with Crippen LogP contribution in [0.1, 0.15) is 11.1 Å². The first-order valence-electron chi connectivity index (χ1n) is 3.43. The van der Waals surface area contributed by atoms with E-state index >= 15 is 0 Å². The molecular weight excluding hydrogens is 139 g/mol. The fourth-order valence-electron chi connectivity index (χ4n) is 0.698. The zero-order valence-electron chi connectivity index (χ0n) is 7.02. The van der Waals surface area contributed by atoms with Gasteiger partial charge in [-0.3, -0.25) is 0 Å². The third-order valence-corrected chi connectivity index (χ3v) is 1.33. The molecule has 0 aliphatic rings. The van der Waals surface area contributed by atoms with Crippen molar-refractivity contribution in [3.8, 4) is 0 Å². The number of halogens is 1. The number of aryl methyl sites for hydroxylation is 2. The molecule has 11 heavy (non-hydrogen) atoms. The molecule has 0 nitrogen and oxygen atoms in total. The van der Waals surface area contributed by atoms with Gasteiger partial charge in [-0.15, -0.1) is 13.2 Å². The lowest BCUT2D eigenvalue weighted by Gasteiger charge is -1.94. The van der Waals surface area contributed by atoms with Gasteiger partial charge >= 0.3 is 0 Å². The first-order valence-corrected chi connectivity index (χ1v) is 3.43.